The molecule has 0 unspecified atom stereocenters. The lowest BCUT2D eigenvalue weighted by Crippen LogP contribution is -2.23. The second-order valence-electron chi connectivity index (χ2n) is 5.32. The maximum Gasteiger partial charge on any atom is 0.286 e. The highest BCUT2D eigenvalue weighted by molar-refractivity contribution is 5.91. The van der Waals surface area contributed by atoms with E-state index in [1.54, 1.807) is 12.1 Å². The van der Waals surface area contributed by atoms with Gasteiger partial charge in [-0.3, -0.25) is 4.79 Å². The van der Waals surface area contributed by atoms with E-state index in [2.05, 4.69) is 19.2 Å². The molecule has 0 spiro atoms. The molecule has 0 fully saturated rings. The molecule has 1 amide bonds. The average molecular weight is 266 g/mol. The third-order valence-corrected chi connectivity index (χ3v) is 3.08. The van der Waals surface area contributed by atoms with Crippen LogP contribution in [0.2, 0.25) is 0 Å². The summed E-state index contributed by atoms with van der Waals surface area (Å²) in [6.45, 7) is 5.53. The largest absolute Gasteiger partial charge is 0.455 e. The van der Waals surface area contributed by atoms with Crippen molar-refractivity contribution in [3.63, 3.8) is 0 Å². The van der Waals surface area contributed by atoms with Crippen molar-refractivity contribution in [1.29, 1.82) is 0 Å². The number of carbonyl (C=O) groups excluding carboxylic acids is 1. The third-order valence-electron chi connectivity index (χ3n) is 3.08. The van der Waals surface area contributed by atoms with Crippen molar-refractivity contribution in [1.82, 2.24) is 5.32 Å². The SMILES string of the molecule is CC(C)CCCCCCNC(=O)c1ccc(CN)o1. The van der Waals surface area contributed by atoms with Crippen LogP contribution in [-0.2, 0) is 6.54 Å². The highest BCUT2D eigenvalue weighted by Crippen LogP contribution is 2.09. The summed E-state index contributed by atoms with van der Waals surface area (Å²) in [5.41, 5.74) is 5.43. The molecule has 1 aromatic heterocycles. The summed E-state index contributed by atoms with van der Waals surface area (Å²) in [7, 11) is 0. The molecule has 0 bridgehead atoms. The van der Waals surface area contributed by atoms with Gasteiger partial charge >= 0.3 is 0 Å². The predicted octanol–water partition coefficient (Wildman–Crippen LogP) is 3.07. The maximum absolute atomic E-state index is 11.7. The minimum Gasteiger partial charge on any atom is -0.455 e. The average Bonchev–Trinajstić information content (AvgIpc) is 2.85. The minimum absolute atomic E-state index is 0.151. The first kappa shape index (κ1) is 15.8. The fraction of sp³-hybridized carbons (Fsp3) is 0.667. The quantitative estimate of drug-likeness (QED) is 0.675. The number of nitrogens with one attached hydrogen (secondary N) is 1. The molecule has 108 valence electrons. The lowest BCUT2D eigenvalue weighted by molar-refractivity contribution is 0.0923. The summed E-state index contributed by atoms with van der Waals surface area (Å²) in [6, 6.07) is 3.40. The molecule has 0 saturated heterocycles. The van der Waals surface area contributed by atoms with Crippen LogP contribution in [0.1, 0.15) is 62.3 Å². The normalized spacial score (nSPS) is 10.9. The van der Waals surface area contributed by atoms with Crippen LogP contribution in [0.25, 0.3) is 0 Å². The van der Waals surface area contributed by atoms with Gasteiger partial charge in [-0.1, -0.05) is 39.5 Å². The molecule has 0 aliphatic carbocycles. The van der Waals surface area contributed by atoms with Crippen LogP contribution in [0.3, 0.4) is 0 Å². The van der Waals surface area contributed by atoms with Crippen LogP contribution >= 0.6 is 0 Å². The zero-order valence-corrected chi connectivity index (χ0v) is 12.1. The van der Waals surface area contributed by atoms with Crippen LogP contribution in [0, 0.1) is 5.92 Å². The number of amides is 1. The van der Waals surface area contributed by atoms with Crippen molar-refractivity contribution in [2.24, 2.45) is 11.7 Å². The Morgan fingerprint density at radius 2 is 2.00 bits per heavy atom. The van der Waals surface area contributed by atoms with Crippen LogP contribution in [0.5, 0.6) is 0 Å². The molecule has 19 heavy (non-hydrogen) atoms. The Labute approximate surface area is 115 Å². The highest BCUT2D eigenvalue weighted by atomic mass is 16.4. The molecule has 1 aromatic rings. The number of hydrogen-bond acceptors (Lipinski definition) is 3. The Balaban J connectivity index is 2.07. The Hall–Kier alpha value is -1.29. The van der Waals surface area contributed by atoms with E-state index in [1.807, 2.05) is 0 Å². The summed E-state index contributed by atoms with van der Waals surface area (Å²) >= 11 is 0. The number of carbonyl (C=O) groups is 1. The van der Waals surface area contributed by atoms with Gasteiger partial charge in [-0.25, -0.2) is 0 Å². The van der Waals surface area contributed by atoms with E-state index in [1.165, 1.54) is 25.7 Å². The second-order valence-corrected chi connectivity index (χ2v) is 5.32. The van der Waals surface area contributed by atoms with Gasteiger partial charge in [0, 0.05) is 6.54 Å². The van der Waals surface area contributed by atoms with Gasteiger partial charge in [0.2, 0.25) is 0 Å². The number of furan rings is 1. The fourth-order valence-electron chi connectivity index (χ4n) is 1.93. The monoisotopic (exact) mass is 266 g/mol. The van der Waals surface area contributed by atoms with Gasteiger partial charge < -0.3 is 15.5 Å². The van der Waals surface area contributed by atoms with Gasteiger partial charge in [0.05, 0.1) is 6.54 Å². The Morgan fingerprint density at radius 3 is 2.63 bits per heavy atom. The van der Waals surface area contributed by atoms with E-state index in [9.17, 15) is 4.79 Å². The fourth-order valence-corrected chi connectivity index (χ4v) is 1.93. The van der Waals surface area contributed by atoms with Crippen LogP contribution in [0.4, 0.5) is 0 Å². The molecule has 0 atom stereocenters. The maximum atomic E-state index is 11.7. The summed E-state index contributed by atoms with van der Waals surface area (Å²) in [5.74, 6) is 1.62. The molecule has 3 N–H and O–H groups in total. The predicted molar refractivity (Wildman–Crippen MR) is 76.9 cm³/mol. The summed E-state index contributed by atoms with van der Waals surface area (Å²) in [5, 5.41) is 2.86. The molecule has 0 aliphatic heterocycles. The van der Waals surface area contributed by atoms with Gasteiger partial charge in [0.15, 0.2) is 5.76 Å². The molecular weight excluding hydrogens is 240 g/mol. The van der Waals surface area contributed by atoms with Crippen LogP contribution < -0.4 is 11.1 Å². The zero-order chi connectivity index (χ0) is 14.1. The highest BCUT2D eigenvalue weighted by Gasteiger charge is 2.09. The minimum atomic E-state index is -0.151. The zero-order valence-electron chi connectivity index (χ0n) is 12.1. The molecule has 1 rings (SSSR count). The Morgan fingerprint density at radius 1 is 1.26 bits per heavy atom. The van der Waals surface area contributed by atoms with E-state index in [0.29, 0.717) is 24.6 Å². The van der Waals surface area contributed by atoms with E-state index < -0.39 is 0 Å². The first-order valence-corrected chi connectivity index (χ1v) is 7.20. The molecular formula is C15H26N2O2. The van der Waals surface area contributed by atoms with E-state index in [4.69, 9.17) is 10.2 Å². The topological polar surface area (TPSA) is 68.3 Å². The van der Waals surface area contributed by atoms with Gasteiger partial charge in [-0.05, 0) is 24.5 Å². The van der Waals surface area contributed by atoms with Gasteiger partial charge in [0.1, 0.15) is 5.76 Å². The van der Waals surface area contributed by atoms with Crippen molar-refractivity contribution in [2.45, 2.75) is 52.5 Å². The van der Waals surface area contributed by atoms with E-state index >= 15 is 0 Å². The smallest absolute Gasteiger partial charge is 0.286 e. The molecule has 4 heteroatoms. The van der Waals surface area contributed by atoms with Crippen molar-refractivity contribution in [2.75, 3.05) is 6.54 Å². The summed E-state index contributed by atoms with van der Waals surface area (Å²) in [4.78, 5) is 11.7. The number of hydrogen-bond donors (Lipinski definition) is 2. The molecule has 4 nitrogen and oxygen atoms in total. The molecule has 0 aromatic carbocycles. The number of unbranched alkanes of at least 4 members (excludes halogenated alkanes) is 3. The standard InChI is InChI=1S/C15H26N2O2/c1-12(2)7-5-3-4-6-10-17-15(18)14-9-8-13(11-16)19-14/h8-9,12H,3-7,10-11,16H2,1-2H3,(H,17,18). The van der Waals surface area contributed by atoms with E-state index in [0.717, 1.165) is 12.3 Å². The Kier molecular flexibility index (Phi) is 7.26. The lowest BCUT2D eigenvalue weighted by atomic mass is 10.0. The van der Waals surface area contributed by atoms with Crippen LogP contribution in [-0.4, -0.2) is 12.5 Å². The summed E-state index contributed by atoms with van der Waals surface area (Å²) < 4.78 is 5.28. The van der Waals surface area contributed by atoms with E-state index in [-0.39, 0.29) is 5.91 Å². The van der Waals surface area contributed by atoms with Gasteiger partial charge in [-0.15, -0.1) is 0 Å². The molecule has 0 aliphatic rings. The third kappa shape index (κ3) is 6.43. The number of rotatable bonds is 9. The molecule has 0 radical (unpaired) electrons. The van der Waals surface area contributed by atoms with Crippen molar-refractivity contribution in [3.05, 3.63) is 23.7 Å². The van der Waals surface area contributed by atoms with Gasteiger partial charge in [-0.2, -0.15) is 0 Å². The Bertz CT molecular complexity index is 372. The van der Waals surface area contributed by atoms with Gasteiger partial charge in [0.25, 0.3) is 5.91 Å². The molecule has 1 heterocycles. The lowest BCUT2D eigenvalue weighted by Gasteiger charge is -2.05. The van der Waals surface area contributed by atoms with Crippen LogP contribution in [0.15, 0.2) is 16.5 Å². The number of nitrogens with two attached hydrogens (primary N) is 1. The second kappa shape index (κ2) is 8.75. The summed E-state index contributed by atoms with van der Waals surface area (Å²) in [6.07, 6.45) is 6.00. The van der Waals surface area contributed by atoms with Crippen molar-refractivity contribution in [3.8, 4) is 0 Å². The first-order valence-electron chi connectivity index (χ1n) is 7.20. The van der Waals surface area contributed by atoms with Crippen molar-refractivity contribution < 1.29 is 9.21 Å². The molecule has 0 saturated carbocycles. The van der Waals surface area contributed by atoms with Crippen molar-refractivity contribution >= 4 is 5.91 Å². The first-order chi connectivity index (χ1) is 9.13.